The fourth-order valence-electron chi connectivity index (χ4n) is 7.17. The molecule has 0 radical (unpaired) electrons. The van der Waals surface area contributed by atoms with Crippen molar-refractivity contribution in [2.24, 2.45) is 17.3 Å². The van der Waals surface area contributed by atoms with Gasteiger partial charge >= 0.3 is 16.4 Å². The lowest BCUT2D eigenvalue weighted by Gasteiger charge is -2.50. The lowest BCUT2D eigenvalue weighted by atomic mass is 9.55. The summed E-state index contributed by atoms with van der Waals surface area (Å²) in [6.07, 6.45) is -4.17. The van der Waals surface area contributed by atoms with Crippen molar-refractivity contribution in [1.82, 2.24) is 0 Å². The molecular formula is C24H32O11S. The molecule has 1 heterocycles. The van der Waals surface area contributed by atoms with Crippen LogP contribution in [0.3, 0.4) is 0 Å². The molecule has 2 saturated carbocycles. The number of aryl methyl sites for hydroxylation is 1. The summed E-state index contributed by atoms with van der Waals surface area (Å²) in [6, 6.07) is 5.51. The van der Waals surface area contributed by atoms with Gasteiger partial charge in [-0.05, 0) is 85.0 Å². The Morgan fingerprint density at radius 1 is 1.08 bits per heavy atom. The second-order valence-electron chi connectivity index (χ2n) is 10.8. The van der Waals surface area contributed by atoms with E-state index in [-0.39, 0.29) is 17.3 Å². The standard InChI is InChI=1S/C24H32O11S/c1-24-9-8-14-13-5-3-12(33-23-20(27)18(25)19(26)21(34-23)22(28)29)10-11(13)2-4-15(14)16(24)6-7-17(24)35-36(30,31)32/h3,5,10,14-21,23,25-27H,2,4,6-9H2,1H3,(H,28,29)(H,30,31,32). The summed E-state index contributed by atoms with van der Waals surface area (Å²) >= 11 is 0. The van der Waals surface area contributed by atoms with Crippen LogP contribution >= 0.6 is 0 Å². The molecule has 1 saturated heterocycles. The molecule has 1 aliphatic heterocycles. The number of rotatable bonds is 5. The highest BCUT2D eigenvalue weighted by molar-refractivity contribution is 7.80. The van der Waals surface area contributed by atoms with Crippen LogP contribution in [-0.2, 0) is 30.5 Å². The number of hydrogen-bond donors (Lipinski definition) is 5. The topological polar surface area (TPSA) is 180 Å². The Balaban J connectivity index is 1.32. The minimum atomic E-state index is -4.51. The highest BCUT2D eigenvalue weighted by Crippen LogP contribution is 2.61. The van der Waals surface area contributed by atoms with E-state index in [1.807, 2.05) is 12.1 Å². The fraction of sp³-hybridized carbons (Fsp3) is 0.708. The van der Waals surface area contributed by atoms with Gasteiger partial charge in [0.25, 0.3) is 0 Å². The number of hydrogen-bond acceptors (Lipinski definition) is 9. The first-order valence-electron chi connectivity index (χ1n) is 12.3. The second kappa shape index (κ2) is 9.19. The normalized spacial score (nSPS) is 42.2. The molecule has 0 spiro atoms. The van der Waals surface area contributed by atoms with Gasteiger partial charge in [0, 0.05) is 0 Å². The molecule has 4 aliphatic rings. The van der Waals surface area contributed by atoms with E-state index >= 15 is 0 Å². The predicted molar refractivity (Wildman–Crippen MR) is 122 cm³/mol. The van der Waals surface area contributed by atoms with Crippen LogP contribution in [0.25, 0.3) is 0 Å². The van der Waals surface area contributed by atoms with Gasteiger partial charge in [-0.1, -0.05) is 13.0 Å². The Morgan fingerprint density at radius 3 is 2.53 bits per heavy atom. The zero-order valence-corrected chi connectivity index (χ0v) is 20.6. The maximum Gasteiger partial charge on any atom is 0.397 e. The largest absolute Gasteiger partial charge is 0.479 e. The number of ether oxygens (including phenoxy) is 2. The molecule has 36 heavy (non-hydrogen) atoms. The van der Waals surface area contributed by atoms with Crippen LogP contribution in [0.5, 0.6) is 5.75 Å². The summed E-state index contributed by atoms with van der Waals surface area (Å²) in [5.41, 5.74) is 1.93. The van der Waals surface area contributed by atoms with Gasteiger partial charge < -0.3 is 29.9 Å². The molecule has 5 N–H and O–H groups in total. The van der Waals surface area contributed by atoms with Crippen molar-refractivity contribution >= 4 is 16.4 Å². The zero-order chi connectivity index (χ0) is 26.0. The maximum absolute atomic E-state index is 11.4. The van der Waals surface area contributed by atoms with E-state index in [1.165, 1.54) is 5.56 Å². The Morgan fingerprint density at radius 2 is 1.83 bits per heavy atom. The molecule has 0 amide bonds. The number of carbonyl (C=O) groups is 1. The Kier molecular flexibility index (Phi) is 6.60. The van der Waals surface area contributed by atoms with Gasteiger partial charge in [0.2, 0.25) is 6.29 Å². The van der Waals surface area contributed by atoms with E-state index in [1.54, 1.807) is 6.07 Å². The van der Waals surface area contributed by atoms with E-state index in [0.717, 1.165) is 37.7 Å². The first-order chi connectivity index (χ1) is 16.9. The quantitative estimate of drug-likeness (QED) is 0.344. The lowest BCUT2D eigenvalue weighted by Crippen LogP contribution is -2.61. The molecular weight excluding hydrogens is 496 g/mol. The van der Waals surface area contributed by atoms with Crippen LogP contribution in [0, 0.1) is 17.3 Å². The number of carboxylic acids is 1. The monoisotopic (exact) mass is 528 g/mol. The van der Waals surface area contributed by atoms with Crippen LogP contribution in [-0.4, -0.2) is 76.2 Å². The lowest BCUT2D eigenvalue weighted by molar-refractivity contribution is -0.271. The van der Waals surface area contributed by atoms with Gasteiger partial charge in [0.1, 0.15) is 24.1 Å². The van der Waals surface area contributed by atoms with Crippen LogP contribution in [0.15, 0.2) is 18.2 Å². The molecule has 1 aromatic carbocycles. The smallest absolute Gasteiger partial charge is 0.397 e. The minimum absolute atomic E-state index is 0.277. The highest BCUT2D eigenvalue weighted by Gasteiger charge is 2.56. The van der Waals surface area contributed by atoms with Gasteiger partial charge in [0.05, 0.1) is 6.10 Å². The van der Waals surface area contributed by atoms with Gasteiger partial charge in [-0.25, -0.2) is 8.98 Å². The maximum atomic E-state index is 11.4. The molecule has 3 aliphatic carbocycles. The number of carboxylic acid groups (broad SMARTS) is 1. The van der Waals surface area contributed by atoms with E-state index in [2.05, 4.69) is 6.92 Å². The molecule has 1 aromatic rings. The van der Waals surface area contributed by atoms with Gasteiger partial charge in [-0.2, -0.15) is 8.42 Å². The molecule has 200 valence electrons. The van der Waals surface area contributed by atoms with Crippen molar-refractivity contribution in [3.05, 3.63) is 29.3 Å². The number of aliphatic hydroxyl groups is 3. The second-order valence-corrected chi connectivity index (χ2v) is 11.8. The highest BCUT2D eigenvalue weighted by atomic mass is 32.3. The predicted octanol–water partition coefficient (Wildman–Crippen LogP) is 1.00. The first-order valence-corrected chi connectivity index (χ1v) is 13.6. The van der Waals surface area contributed by atoms with Crippen LogP contribution in [0.2, 0.25) is 0 Å². The molecule has 10 atom stereocenters. The molecule has 12 heteroatoms. The third kappa shape index (κ3) is 4.42. The summed E-state index contributed by atoms with van der Waals surface area (Å²) in [5.74, 6) is -0.200. The average Bonchev–Trinajstić information content (AvgIpc) is 3.13. The van der Waals surface area contributed by atoms with E-state index in [4.69, 9.17) is 13.7 Å². The zero-order valence-electron chi connectivity index (χ0n) is 19.8. The average molecular weight is 529 g/mol. The SMILES string of the molecule is CC12CCC3c4ccc(OC5OC(C(=O)O)C(O)C(O)C5O)cc4CCC3C1CCC2OS(=O)(=O)O. The molecule has 3 fully saturated rings. The molecule has 5 rings (SSSR count). The van der Waals surface area contributed by atoms with E-state index in [0.29, 0.717) is 18.1 Å². The van der Waals surface area contributed by atoms with Crippen molar-refractivity contribution in [3.63, 3.8) is 0 Å². The summed E-state index contributed by atoms with van der Waals surface area (Å²) < 4.78 is 48.0. The van der Waals surface area contributed by atoms with Gasteiger partial charge in [-0.3, -0.25) is 4.55 Å². The van der Waals surface area contributed by atoms with Crippen LogP contribution < -0.4 is 4.74 Å². The molecule has 0 bridgehead atoms. The fourth-order valence-corrected chi connectivity index (χ4v) is 7.78. The van der Waals surface area contributed by atoms with E-state index < -0.39 is 53.2 Å². The third-order valence-corrected chi connectivity index (χ3v) is 9.39. The van der Waals surface area contributed by atoms with E-state index in [9.17, 15) is 38.2 Å². The number of aliphatic hydroxyl groups excluding tert-OH is 3. The van der Waals surface area contributed by atoms with Gasteiger partial charge in [-0.15, -0.1) is 0 Å². The Labute approximate surface area is 208 Å². The van der Waals surface area contributed by atoms with Crippen molar-refractivity contribution in [3.8, 4) is 5.75 Å². The van der Waals surface area contributed by atoms with Crippen molar-refractivity contribution in [1.29, 1.82) is 0 Å². The number of benzene rings is 1. The molecule has 11 nitrogen and oxygen atoms in total. The van der Waals surface area contributed by atoms with Crippen molar-refractivity contribution < 1.29 is 51.8 Å². The van der Waals surface area contributed by atoms with Gasteiger partial charge in [0.15, 0.2) is 6.10 Å². The molecule has 10 unspecified atom stereocenters. The minimum Gasteiger partial charge on any atom is -0.479 e. The third-order valence-electron chi connectivity index (χ3n) is 8.91. The van der Waals surface area contributed by atoms with Crippen LogP contribution in [0.1, 0.15) is 56.1 Å². The Bertz CT molecular complexity index is 1120. The first kappa shape index (κ1) is 25.8. The van der Waals surface area contributed by atoms with Crippen molar-refractivity contribution in [2.75, 3.05) is 0 Å². The summed E-state index contributed by atoms with van der Waals surface area (Å²) in [6.45, 7) is 2.06. The molecule has 0 aromatic heterocycles. The number of fused-ring (bicyclic) bond motifs is 5. The Hall–Kier alpha value is -1.80. The summed E-state index contributed by atoms with van der Waals surface area (Å²) in [4.78, 5) is 11.3. The van der Waals surface area contributed by atoms with Crippen LogP contribution in [0.4, 0.5) is 0 Å². The van der Waals surface area contributed by atoms with Crippen molar-refractivity contribution in [2.45, 2.75) is 88.2 Å². The number of aliphatic carboxylic acids is 1. The summed E-state index contributed by atoms with van der Waals surface area (Å²) in [5, 5.41) is 39.4. The summed E-state index contributed by atoms with van der Waals surface area (Å²) in [7, 11) is -4.51.